The van der Waals surface area contributed by atoms with Crippen molar-refractivity contribution < 1.29 is 17.9 Å². The van der Waals surface area contributed by atoms with Crippen molar-refractivity contribution >= 4 is 38.1 Å². The third kappa shape index (κ3) is 4.39. The van der Waals surface area contributed by atoms with Crippen molar-refractivity contribution in [1.29, 1.82) is 0 Å². The predicted molar refractivity (Wildman–Crippen MR) is 127 cm³/mol. The summed E-state index contributed by atoms with van der Waals surface area (Å²) in [5.41, 5.74) is 3.06. The van der Waals surface area contributed by atoms with E-state index < -0.39 is 10.0 Å². The molecule has 1 aromatic heterocycles. The number of carbonyl (C=O) groups excluding carboxylic acids is 1. The fourth-order valence-electron chi connectivity index (χ4n) is 3.35. The standard InChI is InChI=1S/C23H23N3O4S2/c1-4-11-26-20-12-17(7-10-21(20)30-13-22(26)27)19-14-31-23(24-19)25-32(28,29)18-8-5-16(6-9-18)15(2)3/h4-10,12,14-15H,1,11,13H2,2-3H3,(H,24,25). The van der Waals surface area contributed by atoms with Crippen molar-refractivity contribution in [3.8, 4) is 17.0 Å². The van der Waals surface area contributed by atoms with Gasteiger partial charge >= 0.3 is 0 Å². The van der Waals surface area contributed by atoms with E-state index in [1.54, 1.807) is 34.6 Å². The van der Waals surface area contributed by atoms with Crippen LogP contribution in [0.25, 0.3) is 11.3 Å². The number of carbonyl (C=O) groups is 1. The lowest BCUT2D eigenvalue weighted by Crippen LogP contribution is -2.38. The van der Waals surface area contributed by atoms with E-state index in [4.69, 9.17) is 4.74 Å². The van der Waals surface area contributed by atoms with E-state index in [0.29, 0.717) is 29.6 Å². The number of amides is 1. The van der Waals surface area contributed by atoms with Crippen molar-refractivity contribution in [2.24, 2.45) is 0 Å². The second-order valence-corrected chi connectivity index (χ2v) is 10.2. The third-order valence-electron chi connectivity index (χ3n) is 5.09. The number of aromatic nitrogens is 1. The molecule has 0 radical (unpaired) electrons. The molecule has 0 bridgehead atoms. The number of hydrogen-bond donors (Lipinski definition) is 1. The average Bonchev–Trinajstić information content (AvgIpc) is 3.23. The lowest BCUT2D eigenvalue weighted by Gasteiger charge is -2.28. The predicted octanol–water partition coefficient (Wildman–Crippen LogP) is 4.65. The molecule has 9 heteroatoms. The van der Waals surface area contributed by atoms with Crippen LogP contribution in [0.3, 0.4) is 0 Å². The normalized spacial score (nSPS) is 13.6. The van der Waals surface area contributed by atoms with Crippen molar-refractivity contribution in [1.82, 2.24) is 4.98 Å². The topological polar surface area (TPSA) is 88.6 Å². The summed E-state index contributed by atoms with van der Waals surface area (Å²) in [7, 11) is -3.75. The first-order chi connectivity index (χ1) is 15.3. The van der Waals surface area contributed by atoms with Gasteiger partial charge in [-0.1, -0.05) is 32.1 Å². The molecule has 0 aliphatic carbocycles. The molecule has 3 aromatic rings. The molecule has 2 heterocycles. The van der Waals surface area contributed by atoms with Gasteiger partial charge < -0.3 is 9.64 Å². The molecular formula is C23H23N3O4S2. The summed E-state index contributed by atoms with van der Waals surface area (Å²) in [5, 5.41) is 2.03. The summed E-state index contributed by atoms with van der Waals surface area (Å²) < 4.78 is 33.6. The Labute approximate surface area is 191 Å². The molecule has 0 saturated heterocycles. The van der Waals surface area contributed by atoms with Crippen LogP contribution in [0.15, 0.2) is 65.4 Å². The minimum absolute atomic E-state index is 0.0129. The Morgan fingerprint density at radius 2 is 2.00 bits per heavy atom. The molecule has 0 spiro atoms. The Hall–Kier alpha value is -3.17. The molecule has 1 amide bonds. The second kappa shape index (κ2) is 8.76. The van der Waals surface area contributed by atoms with Gasteiger partial charge in [0.25, 0.3) is 15.9 Å². The van der Waals surface area contributed by atoms with E-state index in [-0.39, 0.29) is 22.5 Å². The highest BCUT2D eigenvalue weighted by molar-refractivity contribution is 7.93. The maximum absolute atomic E-state index is 12.8. The number of rotatable bonds is 7. The molecule has 166 valence electrons. The molecule has 1 aliphatic rings. The summed E-state index contributed by atoms with van der Waals surface area (Å²) in [5.74, 6) is 0.780. The SMILES string of the molecule is C=CCN1C(=O)COc2ccc(-c3csc(NS(=O)(=O)c4ccc(C(C)C)cc4)n3)cc21. The van der Waals surface area contributed by atoms with E-state index in [2.05, 4.69) is 30.1 Å². The Morgan fingerprint density at radius 1 is 1.25 bits per heavy atom. The smallest absolute Gasteiger partial charge is 0.265 e. The first kappa shape index (κ1) is 22.0. The number of ether oxygens (including phenoxy) is 1. The van der Waals surface area contributed by atoms with Crippen LogP contribution in [0.4, 0.5) is 10.8 Å². The van der Waals surface area contributed by atoms with Gasteiger partial charge in [-0.2, -0.15) is 0 Å². The number of thiazole rings is 1. The maximum atomic E-state index is 12.8. The molecule has 0 unspecified atom stereocenters. The number of benzene rings is 2. The van der Waals surface area contributed by atoms with Gasteiger partial charge in [0, 0.05) is 17.5 Å². The van der Waals surface area contributed by atoms with Gasteiger partial charge in [0.1, 0.15) is 5.75 Å². The third-order valence-corrected chi connectivity index (χ3v) is 7.33. The number of nitrogens with one attached hydrogen (secondary N) is 1. The van der Waals surface area contributed by atoms with Gasteiger partial charge in [0.05, 0.1) is 16.3 Å². The van der Waals surface area contributed by atoms with E-state index in [0.717, 1.165) is 11.1 Å². The quantitative estimate of drug-likeness (QED) is 0.509. The zero-order valence-corrected chi connectivity index (χ0v) is 19.4. The largest absolute Gasteiger partial charge is 0.482 e. The number of hydrogen-bond acceptors (Lipinski definition) is 6. The van der Waals surface area contributed by atoms with Gasteiger partial charge in [-0.15, -0.1) is 17.9 Å². The van der Waals surface area contributed by atoms with Gasteiger partial charge in [0.15, 0.2) is 11.7 Å². The number of anilines is 2. The van der Waals surface area contributed by atoms with Crippen LogP contribution in [0, 0.1) is 0 Å². The van der Waals surface area contributed by atoms with Crippen LogP contribution in [0.2, 0.25) is 0 Å². The van der Waals surface area contributed by atoms with Crippen LogP contribution < -0.4 is 14.4 Å². The number of fused-ring (bicyclic) bond motifs is 1. The first-order valence-corrected chi connectivity index (χ1v) is 12.4. The van der Waals surface area contributed by atoms with Crippen LogP contribution in [-0.4, -0.2) is 32.5 Å². The second-order valence-electron chi connectivity index (χ2n) is 7.63. The average molecular weight is 470 g/mol. The number of sulfonamides is 1. The Balaban J connectivity index is 1.58. The van der Waals surface area contributed by atoms with Crippen LogP contribution in [-0.2, 0) is 14.8 Å². The number of nitrogens with zero attached hydrogens (tertiary/aromatic N) is 2. The Kier molecular flexibility index (Phi) is 6.03. The molecule has 7 nitrogen and oxygen atoms in total. The highest BCUT2D eigenvalue weighted by Gasteiger charge is 2.25. The lowest BCUT2D eigenvalue weighted by molar-refractivity contribution is -0.121. The molecule has 0 fully saturated rings. The van der Waals surface area contributed by atoms with Crippen molar-refractivity contribution in [3.05, 3.63) is 66.1 Å². The Morgan fingerprint density at radius 3 is 2.69 bits per heavy atom. The van der Waals surface area contributed by atoms with E-state index >= 15 is 0 Å². The highest BCUT2D eigenvalue weighted by Crippen LogP contribution is 2.37. The van der Waals surface area contributed by atoms with Gasteiger partial charge in [0.2, 0.25) is 0 Å². The summed E-state index contributed by atoms with van der Waals surface area (Å²) in [6.07, 6.45) is 1.66. The monoisotopic (exact) mass is 469 g/mol. The van der Waals surface area contributed by atoms with Crippen molar-refractivity contribution in [2.45, 2.75) is 24.7 Å². The molecule has 4 rings (SSSR count). The maximum Gasteiger partial charge on any atom is 0.265 e. The van der Waals surface area contributed by atoms with Crippen LogP contribution >= 0.6 is 11.3 Å². The fourth-order valence-corrected chi connectivity index (χ4v) is 5.32. The van der Waals surface area contributed by atoms with E-state index in [9.17, 15) is 13.2 Å². The minimum Gasteiger partial charge on any atom is -0.482 e. The highest BCUT2D eigenvalue weighted by atomic mass is 32.2. The van der Waals surface area contributed by atoms with Gasteiger partial charge in [-0.3, -0.25) is 9.52 Å². The van der Waals surface area contributed by atoms with Crippen molar-refractivity contribution in [2.75, 3.05) is 22.8 Å². The summed E-state index contributed by atoms with van der Waals surface area (Å²) in [4.78, 5) is 18.4. The molecular weight excluding hydrogens is 446 g/mol. The lowest BCUT2D eigenvalue weighted by atomic mass is 10.0. The Bertz CT molecular complexity index is 1260. The van der Waals surface area contributed by atoms with Crippen LogP contribution in [0.5, 0.6) is 5.75 Å². The minimum atomic E-state index is -3.75. The van der Waals surface area contributed by atoms with Crippen LogP contribution in [0.1, 0.15) is 25.3 Å². The summed E-state index contributed by atoms with van der Waals surface area (Å²) in [6.45, 7) is 8.17. The molecule has 32 heavy (non-hydrogen) atoms. The summed E-state index contributed by atoms with van der Waals surface area (Å²) >= 11 is 1.19. The molecule has 1 N–H and O–H groups in total. The first-order valence-electron chi connectivity index (χ1n) is 10.1. The zero-order valence-electron chi connectivity index (χ0n) is 17.7. The van der Waals surface area contributed by atoms with E-state index in [1.807, 2.05) is 24.3 Å². The molecule has 2 aromatic carbocycles. The van der Waals surface area contributed by atoms with Crippen molar-refractivity contribution in [3.63, 3.8) is 0 Å². The van der Waals surface area contributed by atoms with E-state index in [1.165, 1.54) is 11.3 Å². The molecule has 0 saturated carbocycles. The van der Waals surface area contributed by atoms with Gasteiger partial charge in [-0.25, -0.2) is 13.4 Å². The zero-order chi connectivity index (χ0) is 22.9. The molecule has 0 atom stereocenters. The van der Waals surface area contributed by atoms with Gasteiger partial charge in [-0.05, 0) is 41.8 Å². The summed E-state index contributed by atoms with van der Waals surface area (Å²) in [6, 6.07) is 12.3. The molecule has 1 aliphatic heterocycles. The fraction of sp³-hybridized carbons (Fsp3) is 0.217.